The first-order chi connectivity index (χ1) is 12.8. The third kappa shape index (κ3) is 4.34. The molecular weight excluding hydrogens is 372 g/mol. The Balaban J connectivity index is 1.73. The first kappa shape index (κ1) is 19.5. The molecule has 0 saturated carbocycles. The molecule has 0 radical (unpaired) electrons. The molecule has 2 atom stereocenters. The van der Waals surface area contributed by atoms with Crippen molar-refractivity contribution in [2.45, 2.75) is 26.1 Å². The average molecular weight is 394 g/mol. The monoisotopic (exact) mass is 394 g/mol. The fourth-order valence-electron chi connectivity index (χ4n) is 3.28. The van der Waals surface area contributed by atoms with Gasteiger partial charge >= 0.3 is 5.69 Å². The highest BCUT2D eigenvalue weighted by molar-refractivity contribution is 7.89. The van der Waals surface area contributed by atoms with Gasteiger partial charge in [-0.05, 0) is 38.1 Å². The Hall–Kier alpha value is -2.30. The van der Waals surface area contributed by atoms with E-state index in [-0.39, 0.29) is 35.9 Å². The molecular formula is C17H22N4O5S. The summed E-state index contributed by atoms with van der Waals surface area (Å²) in [5.74, 6) is -0.158. The fraction of sp³-hybridized carbons (Fsp3) is 0.471. The fourth-order valence-corrected chi connectivity index (χ4v) is 4.77. The quantitative estimate of drug-likeness (QED) is 0.588. The minimum atomic E-state index is -3.49. The lowest BCUT2D eigenvalue weighted by molar-refractivity contribution is -0.382. The number of nitrogens with zero attached hydrogens (tertiary/aromatic N) is 3. The van der Waals surface area contributed by atoms with Gasteiger partial charge in [-0.15, -0.1) is 0 Å². The van der Waals surface area contributed by atoms with E-state index in [0.717, 1.165) is 0 Å². The van der Waals surface area contributed by atoms with Crippen LogP contribution in [0.25, 0.3) is 10.9 Å². The third-order valence-electron chi connectivity index (χ3n) is 4.39. The van der Waals surface area contributed by atoms with Crippen LogP contribution in [0.15, 0.2) is 30.5 Å². The Labute approximate surface area is 157 Å². The van der Waals surface area contributed by atoms with Crippen LogP contribution in [0.2, 0.25) is 0 Å². The van der Waals surface area contributed by atoms with E-state index in [4.69, 9.17) is 4.74 Å². The van der Waals surface area contributed by atoms with Crippen molar-refractivity contribution in [1.82, 2.24) is 9.29 Å². The maximum absolute atomic E-state index is 12.6. The van der Waals surface area contributed by atoms with Crippen molar-refractivity contribution in [3.05, 3.63) is 40.6 Å². The zero-order chi connectivity index (χ0) is 19.6. The van der Waals surface area contributed by atoms with Crippen LogP contribution in [0, 0.1) is 10.1 Å². The number of sulfonamides is 1. The first-order valence-electron chi connectivity index (χ1n) is 8.67. The predicted octanol–water partition coefficient (Wildman–Crippen LogP) is 1.99. The van der Waals surface area contributed by atoms with Gasteiger partial charge in [0, 0.05) is 25.8 Å². The van der Waals surface area contributed by atoms with Gasteiger partial charge in [-0.25, -0.2) is 8.42 Å². The Morgan fingerprint density at radius 1 is 1.30 bits per heavy atom. The molecule has 0 bridgehead atoms. The van der Waals surface area contributed by atoms with Crippen molar-refractivity contribution in [1.29, 1.82) is 0 Å². The Bertz CT molecular complexity index is 939. The molecule has 3 rings (SSSR count). The number of anilines is 1. The van der Waals surface area contributed by atoms with Gasteiger partial charge in [0.05, 0.1) is 33.8 Å². The maximum atomic E-state index is 12.6. The number of hydrogen-bond donors (Lipinski definition) is 1. The van der Waals surface area contributed by atoms with Crippen molar-refractivity contribution >= 4 is 32.3 Å². The molecule has 1 saturated heterocycles. The molecule has 10 heteroatoms. The van der Waals surface area contributed by atoms with Crippen LogP contribution in [-0.2, 0) is 14.8 Å². The van der Waals surface area contributed by atoms with E-state index in [0.29, 0.717) is 24.0 Å². The average Bonchev–Trinajstić information content (AvgIpc) is 2.60. The smallest absolute Gasteiger partial charge is 0.301 e. The minimum Gasteiger partial charge on any atom is -0.378 e. The standard InChI is InChI=1S/C17H22N4O5S/c1-12-10-20(11-13(2)26-12)27(24,25)9-8-19-16-6-5-15-14(4-3-7-18-15)17(16)21(22)23/h3-7,12-13,19H,8-11H2,1-2H3/t12-,13+. The van der Waals surface area contributed by atoms with Gasteiger partial charge in [0.1, 0.15) is 5.69 Å². The second-order valence-electron chi connectivity index (χ2n) is 6.61. The lowest BCUT2D eigenvalue weighted by Gasteiger charge is -2.34. The Morgan fingerprint density at radius 3 is 2.67 bits per heavy atom. The van der Waals surface area contributed by atoms with Crippen molar-refractivity contribution in [2.75, 3.05) is 30.7 Å². The third-order valence-corrected chi connectivity index (χ3v) is 6.20. The number of nitrogens with one attached hydrogen (secondary N) is 1. The molecule has 146 valence electrons. The lowest BCUT2D eigenvalue weighted by Crippen LogP contribution is -2.49. The SMILES string of the molecule is C[C@@H]1CN(S(=O)(=O)CCNc2ccc3ncccc3c2[N+](=O)[O-])C[C@H](C)O1. The summed E-state index contributed by atoms with van der Waals surface area (Å²) in [6.45, 7) is 4.36. The van der Waals surface area contributed by atoms with E-state index in [2.05, 4.69) is 10.3 Å². The molecule has 0 amide bonds. The predicted molar refractivity (Wildman–Crippen MR) is 102 cm³/mol. The zero-order valence-electron chi connectivity index (χ0n) is 15.2. The van der Waals surface area contributed by atoms with Crippen LogP contribution in [0.4, 0.5) is 11.4 Å². The van der Waals surface area contributed by atoms with Crippen LogP contribution in [0.5, 0.6) is 0 Å². The Morgan fingerprint density at radius 2 is 2.00 bits per heavy atom. The summed E-state index contributed by atoms with van der Waals surface area (Å²) in [7, 11) is -3.49. The van der Waals surface area contributed by atoms with Crippen LogP contribution in [0.3, 0.4) is 0 Å². The summed E-state index contributed by atoms with van der Waals surface area (Å²) < 4.78 is 32.2. The second kappa shape index (κ2) is 7.75. The normalized spacial score (nSPS) is 21.3. The van der Waals surface area contributed by atoms with Gasteiger partial charge in [0.15, 0.2) is 0 Å². The number of nitro benzene ring substituents is 1. The van der Waals surface area contributed by atoms with E-state index >= 15 is 0 Å². The van der Waals surface area contributed by atoms with Gasteiger partial charge < -0.3 is 10.1 Å². The van der Waals surface area contributed by atoms with Gasteiger partial charge in [0.25, 0.3) is 0 Å². The van der Waals surface area contributed by atoms with Crippen LogP contribution >= 0.6 is 0 Å². The largest absolute Gasteiger partial charge is 0.378 e. The zero-order valence-corrected chi connectivity index (χ0v) is 16.0. The number of nitro groups is 1. The highest BCUT2D eigenvalue weighted by atomic mass is 32.2. The molecule has 1 fully saturated rings. The molecule has 0 spiro atoms. The molecule has 2 aromatic rings. The van der Waals surface area contributed by atoms with Crippen LogP contribution < -0.4 is 5.32 Å². The number of benzene rings is 1. The van der Waals surface area contributed by atoms with Crippen LogP contribution in [0.1, 0.15) is 13.8 Å². The van der Waals surface area contributed by atoms with Crippen molar-refractivity contribution in [2.24, 2.45) is 0 Å². The van der Waals surface area contributed by atoms with E-state index < -0.39 is 14.9 Å². The van der Waals surface area contributed by atoms with Gasteiger partial charge in [0.2, 0.25) is 10.0 Å². The van der Waals surface area contributed by atoms with Gasteiger partial charge in [-0.1, -0.05) is 0 Å². The van der Waals surface area contributed by atoms with E-state index in [1.807, 2.05) is 13.8 Å². The minimum absolute atomic E-state index is 0.0645. The Kier molecular flexibility index (Phi) is 5.59. The van der Waals surface area contributed by atoms with E-state index in [9.17, 15) is 18.5 Å². The molecule has 2 heterocycles. The van der Waals surface area contributed by atoms with Gasteiger partial charge in [-0.3, -0.25) is 15.1 Å². The first-order valence-corrected chi connectivity index (χ1v) is 10.3. The summed E-state index contributed by atoms with van der Waals surface area (Å²) in [4.78, 5) is 15.1. The highest BCUT2D eigenvalue weighted by Gasteiger charge is 2.30. The summed E-state index contributed by atoms with van der Waals surface area (Å²) in [5.41, 5.74) is 0.685. The molecule has 9 nitrogen and oxygen atoms in total. The number of rotatable bonds is 6. The second-order valence-corrected chi connectivity index (χ2v) is 8.69. The van der Waals surface area contributed by atoms with Crippen molar-refractivity contribution < 1.29 is 18.1 Å². The van der Waals surface area contributed by atoms with E-state index in [1.54, 1.807) is 30.5 Å². The number of pyridine rings is 1. The number of morpholine rings is 1. The number of aromatic nitrogens is 1. The number of ether oxygens (including phenoxy) is 1. The molecule has 27 heavy (non-hydrogen) atoms. The summed E-state index contributed by atoms with van der Waals surface area (Å²) >= 11 is 0. The molecule has 0 aliphatic carbocycles. The lowest BCUT2D eigenvalue weighted by atomic mass is 10.1. The summed E-state index contributed by atoms with van der Waals surface area (Å²) in [6.07, 6.45) is 1.24. The molecule has 1 aliphatic rings. The number of fused-ring (bicyclic) bond motifs is 1. The van der Waals surface area contributed by atoms with E-state index in [1.165, 1.54) is 4.31 Å². The topological polar surface area (TPSA) is 115 Å². The highest BCUT2D eigenvalue weighted by Crippen LogP contribution is 2.32. The summed E-state index contributed by atoms with van der Waals surface area (Å²) in [5, 5.41) is 14.8. The molecule has 1 aromatic heterocycles. The van der Waals surface area contributed by atoms with Crippen LogP contribution in [-0.4, -0.2) is 60.2 Å². The maximum Gasteiger partial charge on any atom is 0.301 e. The van der Waals surface area contributed by atoms with Crippen molar-refractivity contribution in [3.8, 4) is 0 Å². The van der Waals surface area contributed by atoms with Crippen molar-refractivity contribution in [3.63, 3.8) is 0 Å². The molecule has 0 unspecified atom stereocenters. The summed E-state index contributed by atoms with van der Waals surface area (Å²) in [6, 6.07) is 6.48. The van der Waals surface area contributed by atoms with Gasteiger partial charge in [-0.2, -0.15) is 4.31 Å². The molecule has 1 N–H and O–H groups in total. The number of hydrogen-bond acceptors (Lipinski definition) is 7. The molecule has 1 aliphatic heterocycles. The molecule has 1 aromatic carbocycles.